The molecule has 2 aromatic rings. The molecule has 0 atom stereocenters. The van der Waals surface area contributed by atoms with Gasteiger partial charge >= 0.3 is 0 Å². The van der Waals surface area contributed by atoms with Crippen LogP contribution in [0.2, 0.25) is 0 Å². The van der Waals surface area contributed by atoms with Gasteiger partial charge in [-0.1, -0.05) is 30.3 Å². The maximum absolute atomic E-state index is 11.5. The Morgan fingerprint density at radius 3 is 2.52 bits per heavy atom. The lowest BCUT2D eigenvalue weighted by Crippen LogP contribution is -2.37. The van der Waals surface area contributed by atoms with Crippen LogP contribution in [0.4, 0.5) is 11.5 Å². The second-order valence-electron chi connectivity index (χ2n) is 5.48. The number of aryl methyl sites for hydroxylation is 1. The molecular formula is C17H20N4O2. The van der Waals surface area contributed by atoms with E-state index in [0.717, 1.165) is 30.2 Å². The number of carbonyl (C=O) groups excluding carboxylic acids is 1. The van der Waals surface area contributed by atoms with Crippen molar-refractivity contribution in [3.05, 3.63) is 36.0 Å². The summed E-state index contributed by atoms with van der Waals surface area (Å²) < 4.78 is 5.41. The van der Waals surface area contributed by atoms with Gasteiger partial charge in [-0.3, -0.25) is 4.79 Å². The lowest BCUT2D eigenvalue weighted by atomic mass is 10.2. The highest BCUT2D eigenvalue weighted by molar-refractivity contribution is 5.93. The van der Waals surface area contributed by atoms with Crippen molar-refractivity contribution >= 4 is 17.4 Å². The first kappa shape index (κ1) is 15.4. The molecule has 0 saturated carbocycles. The fourth-order valence-corrected chi connectivity index (χ4v) is 2.60. The largest absolute Gasteiger partial charge is 0.378 e. The van der Waals surface area contributed by atoms with Gasteiger partial charge in [0.2, 0.25) is 5.91 Å². The second kappa shape index (κ2) is 6.75. The van der Waals surface area contributed by atoms with Crippen molar-refractivity contribution in [2.45, 2.75) is 13.8 Å². The Kier molecular flexibility index (Phi) is 4.52. The van der Waals surface area contributed by atoms with Gasteiger partial charge in [-0.2, -0.15) is 0 Å². The summed E-state index contributed by atoms with van der Waals surface area (Å²) in [6.45, 7) is 6.19. The summed E-state index contributed by atoms with van der Waals surface area (Å²) in [6, 6.07) is 9.85. The first-order valence-corrected chi connectivity index (χ1v) is 7.69. The van der Waals surface area contributed by atoms with Gasteiger partial charge in [0.15, 0.2) is 11.6 Å². The zero-order chi connectivity index (χ0) is 16.2. The van der Waals surface area contributed by atoms with Crippen molar-refractivity contribution in [1.82, 2.24) is 9.97 Å². The van der Waals surface area contributed by atoms with E-state index < -0.39 is 0 Å². The monoisotopic (exact) mass is 312 g/mol. The average Bonchev–Trinajstić information content (AvgIpc) is 2.58. The molecule has 1 saturated heterocycles. The summed E-state index contributed by atoms with van der Waals surface area (Å²) in [4.78, 5) is 23.0. The fraction of sp³-hybridized carbons (Fsp3) is 0.353. The number of rotatable bonds is 3. The second-order valence-corrected chi connectivity index (χ2v) is 5.48. The molecule has 1 aliphatic rings. The number of benzene rings is 1. The van der Waals surface area contributed by atoms with Crippen LogP contribution in [-0.2, 0) is 9.53 Å². The zero-order valence-corrected chi connectivity index (χ0v) is 13.4. The molecule has 1 aliphatic heterocycles. The van der Waals surface area contributed by atoms with Gasteiger partial charge in [0.05, 0.1) is 18.9 Å². The van der Waals surface area contributed by atoms with Gasteiger partial charge < -0.3 is 15.0 Å². The smallest absolute Gasteiger partial charge is 0.221 e. The lowest BCUT2D eigenvalue weighted by molar-refractivity contribution is -0.114. The minimum absolute atomic E-state index is 0.126. The molecule has 0 bridgehead atoms. The maximum Gasteiger partial charge on any atom is 0.221 e. The van der Waals surface area contributed by atoms with Crippen molar-refractivity contribution in [2.24, 2.45) is 0 Å². The first-order chi connectivity index (χ1) is 11.1. The van der Waals surface area contributed by atoms with E-state index >= 15 is 0 Å². The van der Waals surface area contributed by atoms with Crippen molar-refractivity contribution in [3.8, 4) is 11.4 Å². The number of nitrogens with one attached hydrogen (secondary N) is 1. The number of morpholine rings is 1. The summed E-state index contributed by atoms with van der Waals surface area (Å²) >= 11 is 0. The van der Waals surface area contributed by atoms with Gasteiger partial charge in [-0.15, -0.1) is 0 Å². The Morgan fingerprint density at radius 2 is 1.87 bits per heavy atom. The molecule has 1 fully saturated rings. The third-order valence-corrected chi connectivity index (χ3v) is 3.71. The van der Waals surface area contributed by atoms with Crippen LogP contribution in [0.15, 0.2) is 30.3 Å². The minimum Gasteiger partial charge on any atom is -0.378 e. The van der Waals surface area contributed by atoms with Crippen molar-refractivity contribution in [1.29, 1.82) is 0 Å². The van der Waals surface area contributed by atoms with Gasteiger partial charge in [0.1, 0.15) is 5.69 Å². The first-order valence-electron chi connectivity index (χ1n) is 7.69. The van der Waals surface area contributed by atoms with Crippen molar-refractivity contribution < 1.29 is 9.53 Å². The number of amides is 1. The normalized spacial score (nSPS) is 14.6. The van der Waals surface area contributed by atoms with Crippen LogP contribution in [0, 0.1) is 6.92 Å². The van der Waals surface area contributed by atoms with E-state index in [1.54, 1.807) is 0 Å². The van der Waals surface area contributed by atoms with Crippen LogP contribution in [0.3, 0.4) is 0 Å². The van der Waals surface area contributed by atoms with Crippen LogP contribution in [0.25, 0.3) is 11.4 Å². The highest BCUT2D eigenvalue weighted by atomic mass is 16.5. The fourth-order valence-electron chi connectivity index (χ4n) is 2.60. The van der Waals surface area contributed by atoms with Crippen molar-refractivity contribution in [2.75, 3.05) is 36.5 Å². The zero-order valence-electron chi connectivity index (χ0n) is 13.4. The molecule has 6 heteroatoms. The number of anilines is 2. The lowest BCUT2D eigenvalue weighted by Gasteiger charge is -2.30. The van der Waals surface area contributed by atoms with Crippen LogP contribution >= 0.6 is 0 Å². The van der Waals surface area contributed by atoms with Gasteiger partial charge in [-0.05, 0) is 6.92 Å². The summed E-state index contributed by atoms with van der Waals surface area (Å²) in [5.41, 5.74) is 2.40. The molecule has 23 heavy (non-hydrogen) atoms. The summed E-state index contributed by atoms with van der Waals surface area (Å²) in [5.74, 6) is 1.30. The standard InChI is InChI=1S/C17H20N4O2/c1-12-15(19-13(2)22)17(21-8-10-23-11-9-21)20-16(18-12)14-6-4-3-5-7-14/h3-7H,8-11H2,1-2H3,(H,19,22). The molecule has 0 aliphatic carbocycles. The number of carbonyl (C=O) groups is 1. The molecule has 1 aromatic carbocycles. The molecule has 0 radical (unpaired) electrons. The van der Waals surface area contributed by atoms with E-state index in [4.69, 9.17) is 9.72 Å². The number of aromatic nitrogens is 2. The predicted octanol–water partition coefficient (Wildman–Crippen LogP) is 2.25. The molecule has 1 aromatic heterocycles. The number of hydrogen-bond donors (Lipinski definition) is 1. The van der Waals surface area contributed by atoms with Gasteiger partial charge in [0, 0.05) is 25.6 Å². The third kappa shape index (κ3) is 3.48. The average molecular weight is 312 g/mol. The maximum atomic E-state index is 11.5. The third-order valence-electron chi connectivity index (χ3n) is 3.71. The van der Waals surface area contributed by atoms with E-state index in [-0.39, 0.29) is 5.91 Å². The Bertz CT molecular complexity index is 697. The summed E-state index contributed by atoms with van der Waals surface area (Å²) in [7, 11) is 0. The van der Waals surface area contributed by atoms with Crippen LogP contribution in [-0.4, -0.2) is 42.2 Å². The predicted molar refractivity (Wildman–Crippen MR) is 89.5 cm³/mol. The molecule has 6 nitrogen and oxygen atoms in total. The minimum atomic E-state index is -0.126. The highest BCUT2D eigenvalue weighted by Gasteiger charge is 2.21. The highest BCUT2D eigenvalue weighted by Crippen LogP contribution is 2.30. The van der Waals surface area contributed by atoms with E-state index in [2.05, 4.69) is 15.2 Å². The SMILES string of the molecule is CC(=O)Nc1c(C)nc(-c2ccccc2)nc1N1CCOCC1. The topological polar surface area (TPSA) is 67.4 Å². The molecule has 0 spiro atoms. The van der Waals surface area contributed by atoms with E-state index in [0.29, 0.717) is 24.7 Å². The van der Waals surface area contributed by atoms with E-state index in [1.807, 2.05) is 37.3 Å². The van der Waals surface area contributed by atoms with Crippen LogP contribution in [0.5, 0.6) is 0 Å². The van der Waals surface area contributed by atoms with Crippen LogP contribution < -0.4 is 10.2 Å². The molecule has 2 heterocycles. The quantitative estimate of drug-likeness (QED) is 0.941. The number of hydrogen-bond acceptors (Lipinski definition) is 5. The van der Waals surface area contributed by atoms with E-state index in [1.165, 1.54) is 6.92 Å². The molecule has 1 N–H and O–H groups in total. The Labute approximate surface area is 135 Å². The Balaban J connectivity index is 2.07. The van der Waals surface area contributed by atoms with Gasteiger partial charge in [0.25, 0.3) is 0 Å². The Morgan fingerprint density at radius 1 is 1.17 bits per heavy atom. The molecule has 120 valence electrons. The molecule has 1 amide bonds. The molecule has 0 unspecified atom stereocenters. The van der Waals surface area contributed by atoms with Gasteiger partial charge in [-0.25, -0.2) is 9.97 Å². The van der Waals surface area contributed by atoms with E-state index in [9.17, 15) is 4.79 Å². The summed E-state index contributed by atoms with van der Waals surface area (Å²) in [6.07, 6.45) is 0. The molecular weight excluding hydrogens is 292 g/mol. The Hall–Kier alpha value is -2.47. The van der Waals surface area contributed by atoms with Crippen molar-refractivity contribution in [3.63, 3.8) is 0 Å². The summed E-state index contributed by atoms with van der Waals surface area (Å²) in [5, 5.41) is 2.87. The van der Waals surface area contributed by atoms with Crippen LogP contribution in [0.1, 0.15) is 12.6 Å². The molecule has 3 rings (SSSR count). The number of ether oxygens (including phenoxy) is 1. The number of nitrogens with zero attached hydrogens (tertiary/aromatic N) is 3.